The highest BCUT2D eigenvalue weighted by atomic mass is 32.2. The Bertz CT molecular complexity index is 1370. The van der Waals surface area contributed by atoms with E-state index >= 15 is 0 Å². The lowest BCUT2D eigenvalue weighted by atomic mass is 10.1. The molecule has 3 aliphatic rings. The molecule has 1 saturated heterocycles. The largest absolute Gasteiger partial charge is 0.465 e. The number of carbonyl (C=O) groups is 3. The van der Waals surface area contributed by atoms with Gasteiger partial charge in [0.15, 0.2) is 0 Å². The molecule has 4 atom stereocenters. The fraction of sp³-hybridized carbons (Fsp3) is 0.615. The number of likely N-dealkylation sites (tertiary alicyclic amines) is 1. The molecule has 0 radical (unpaired) electrons. The molecule has 2 saturated carbocycles. The first kappa shape index (κ1) is 27.6. The van der Waals surface area contributed by atoms with Gasteiger partial charge < -0.3 is 14.8 Å². The molecule has 2 N–H and O–H groups in total. The number of nitrogens with one attached hydrogen (secondary N) is 2. The molecule has 11 nitrogen and oxygen atoms in total. The minimum atomic E-state index is -3.78. The molecule has 13 heteroatoms. The van der Waals surface area contributed by atoms with Gasteiger partial charge in [-0.25, -0.2) is 18.2 Å². The number of carbonyl (C=O) groups excluding carboxylic acids is 3. The van der Waals surface area contributed by atoms with E-state index in [0.717, 1.165) is 10.2 Å². The molecule has 39 heavy (non-hydrogen) atoms. The molecule has 0 spiro atoms. The third-order valence-electron chi connectivity index (χ3n) is 7.28. The molecule has 3 amide bonds. The average molecular weight is 579 g/mol. The second-order valence-corrected chi connectivity index (χ2v) is 14.5. The lowest BCUT2D eigenvalue weighted by Gasteiger charge is -2.29. The van der Waals surface area contributed by atoms with Crippen LogP contribution in [0.3, 0.4) is 0 Å². The topological polar surface area (TPSA) is 144 Å². The summed E-state index contributed by atoms with van der Waals surface area (Å²) >= 11 is 1.37. The van der Waals surface area contributed by atoms with E-state index in [9.17, 15) is 22.8 Å². The van der Waals surface area contributed by atoms with Crippen LogP contribution in [0.15, 0.2) is 24.3 Å². The molecular formula is C26H34N4O7S2. The zero-order valence-corrected chi connectivity index (χ0v) is 24.1. The summed E-state index contributed by atoms with van der Waals surface area (Å²) in [6.07, 6.45) is 0.901. The maximum atomic E-state index is 13.6. The predicted molar refractivity (Wildman–Crippen MR) is 145 cm³/mol. The number of aromatic nitrogens is 1. The smallest absolute Gasteiger partial charge is 0.411 e. The van der Waals surface area contributed by atoms with Crippen LogP contribution in [-0.2, 0) is 24.3 Å². The number of fused-ring (bicyclic) bond motifs is 1. The van der Waals surface area contributed by atoms with Gasteiger partial charge in [0, 0.05) is 6.42 Å². The predicted octanol–water partition coefficient (Wildman–Crippen LogP) is 2.95. The van der Waals surface area contributed by atoms with Gasteiger partial charge in [0.2, 0.25) is 15.9 Å². The van der Waals surface area contributed by atoms with Crippen LogP contribution >= 0.6 is 11.3 Å². The van der Waals surface area contributed by atoms with Crippen LogP contribution in [0.25, 0.3) is 10.2 Å². The SMILES string of the molecule is CC[C@@H]1C[C@]1(NC(=O)[C@@H]1C[C@@H](Oc2nc3ccccc3s2)CN1C(=O)OC(C)(C)C)C(=O)NS(=O)(=O)C1CC1. The molecule has 1 aliphatic heterocycles. The van der Waals surface area contributed by atoms with Crippen LogP contribution in [0.5, 0.6) is 5.19 Å². The van der Waals surface area contributed by atoms with E-state index in [1.165, 1.54) is 16.2 Å². The minimum Gasteiger partial charge on any atom is -0.465 e. The van der Waals surface area contributed by atoms with Gasteiger partial charge in [-0.1, -0.05) is 36.8 Å². The lowest BCUT2D eigenvalue weighted by Crippen LogP contribution is -2.57. The highest BCUT2D eigenvalue weighted by molar-refractivity contribution is 7.91. The Morgan fingerprint density at radius 1 is 1.21 bits per heavy atom. The summed E-state index contributed by atoms with van der Waals surface area (Å²) in [6.45, 7) is 7.18. The molecule has 212 valence electrons. The normalized spacial score (nSPS) is 26.8. The van der Waals surface area contributed by atoms with Gasteiger partial charge >= 0.3 is 6.09 Å². The van der Waals surface area contributed by atoms with E-state index in [2.05, 4.69) is 15.0 Å². The highest BCUT2D eigenvalue weighted by Crippen LogP contribution is 2.47. The van der Waals surface area contributed by atoms with Gasteiger partial charge in [-0.15, -0.1) is 0 Å². The second-order valence-electron chi connectivity index (χ2n) is 11.5. The fourth-order valence-corrected chi connectivity index (χ4v) is 7.24. The number of thiazole rings is 1. The summed E-state index contributed by atoms with van der Waals surface area (Å²) in [4.78, 5) is 45.7. The van der Waals surface area contributed by atoms with Crippen LogP contribution in [0.2, 0.25) is 0 Å². The Hall–Kier alpha value is -2.93. The third kappa shape index (κ3) is 5.84. The summed E-state index contributed by atoms with van der Waals surface area (Å²) in [5.41, 5.74) is -1.33. The Kier molecular flexibility index (Phi) is 7.03. The molecule has 2 heterocycles. The zero-order chi connectivity index (χ0) is 28.2. The quantitative estimate of drug-likeness (QED) is 0.487. The molecular weight excluding hydrogens is 544 g/mol. The van der Waals surface area contributed by atoms with Crippen molar-refractivity contribution in [1.29, 1.82) is 0 Å². The lowest BCUT2D eigenvalue weighted by molar-refractivity contribution is -0.132. The number of hydrogen-bond donors (Lipinski definition) is 2. The number of para-hydroxylation sites is 1. The Morgan fingerprint density at radius 3 is 2.54 bits per heavy atom. The van der Waals surface area contributed by atoms with Crippen LogP contribution in [-0.4, -0.2) is 71.3 Å². The standard InChI is InChI=1S/C26H34N4O7S2/c1-5-15-13-26(15,22(32)29-39(34,35)17-10-11-17)28-21(31)19-12-16(14-30(19)24(33)37-25(2,3)4)36-23-27-18-8-6-7-9-20(18)38-23/h6-9,15-17,19H,5,10-14H2,1-4H3,(H,28,31)(H,29,32)/t15-,16-,19+,26-/m1/s1. The van der Waals surface area contributed by atoms with Gasteiger partial charge in [0.05, 0.1) is 22.0 Å². The molecule has 2 aromatic rings. The third-order valence-corrected chi connectivity index (χ3v) is 10.0. The number of benzene rings is 1. The van der Waals surface area contributed by atoms with E-state index < -0.39 is 56.5 Å². The molecule has 0 bridgehead atoms. The van der Waals surface area contributed by atoms with Crippen molar-refractivity contribution in [2.45, 2.75) is 88.3 Å². The van der Waals surface area contributed by atoms with Gasteiger partial charge in [-0.3, -0.25) is 19.2 Å². The highest BCUT2D eigenvalue weighted by Gasteiger charge is 2.62. The molecule has 5 rings (SSSR count). The van der Waals surface area contributed by atoms with Gasteiger partial charge in [-0.2, -0.15) is 0 Å². The van der Waals surface area contributed by atoms with E-state index in [4.69, 9.17) is 9.47 Å². The van der Waals surface area contributed by atoms with Crippen molar-refractivity contribution >= 4 is 49.5 Å². The first-order valence-electron chi connectivity index (χ1n) is 13.2. The maximum absolute atomic E-state index is 13.6. The number of sulfonamides is 1. The number of amides is 3. The van der Waals surface area contributed by atoms with Crippen molar-refractivity contribution in [3.63, 3.8) is 0 Å². The van der Waals surface area contributed by atoms with Crippen molar-refractivity contribution in [3.8, 4) is 5.19 Å². The van der Waals surface area contributed by atoms with Crippen LogP contribution in [0.4, 0.5) is 4.79 Å². The van der Waals surface area contributed by atoms with E-state index in [0.29, 0.717) is 30.9 Å². The van der Waals surface area contributed by atoms with Crippen LogP contribution in [0, 0.1) is 5.92 Å². The van der Waals surface area contributed by atoms with E-state index in [1.54, 1.807) is 20.8 Å². The van der Waals surface area contributed by atoms with Crippen molar-refractivity contribution in [2.75, 3.05) is 6.54 Å². The molecule has 2 aliphatic carbocycles. The Morgan fingerprint density at radius 2 is 1.92 bits per heavy atom. The molecule has 3 fully saturated rings. The number of nitrogens with zero attached hydrogens (tertiary/aromatic N) is 2. The van der Waals surface area contributed by atoms with Crippen LogP contribution < -0.4 is 14.8 Å². The van der Waals surface area contributed by atoms with Gasteiger partial charge in [0.1, 0.15) is 23.3 Å². The van der Waals surface area contributed by atoms with Crippen molar-refractivity contribution in [2.24, 2.45) is 5.92 Å². The number of rotatable bonds is 8. The second kappa shape index (κ2) is 9.92. The first-order chi connectivity index (χ1) is 18.3. The fourth-order valence-electron chi connectivity index (χ4n) is 4.99. The average Bonchev–Trinajstić information content (AvgIpc) is 3.74. The van der Waals surface area contributed by atoms with E-state index in [-0.39, 0.29) is 18.9 Å². The Labute approximate surface area is 231 Å². The Balaban J connectivity index is 1.34. The summed E-state index contributed by atoms with van der Waals surface area (Å²) in [6, 6.07) is 6.64. The number of ether oxygens (including phenoxy) is 2. The van der Waals surface area contributed by atoms with E-state index in [1.807, 2.05) is 31.2 Å². The summed E-state index contributed by atoms with van der Waals surface area (Å²) in [5, 5.41) is 2.68. The molecule has 1 aromatic heterocycles. The van der Waals surface area contributed by atoms with Crippen molar-refractivity contribution < 1.29 is 32.3 Å². The van der Waals surface area contributed by atoms with Crippen molar-refractivity contribution in [3.05, 3.63) is 24.3 Å². The first-order valence-corrected chi connectivity index (χ1v) is 15.6. The van der Waals surface area contributed by atoms with Gasteiger partial charge in [-0.05, 0) is 58.1 Å². The maximum Gasteiger partial charge on any atom is 0.411 e. The van der Waals surface area contributed by atoms with Crippen molar-refractivity contribution in [1.82, 2.24) is 19.9 Å². The zero-order valence-electron chi connectivity index (χ0n) is 22.4. The van der Waals surface area contributed by atoms with Crippen LogP contribution in [0.1, 0.15) is 59.8 Å². The molecule has 1 aromatic carbocycles. The summed E-state index contributed by atoms with van der Waals surface area (Å²) < 4.78 is 39.7. The minimum absolute atomic E-state index is 0.0926. The monoisotopic (exact) mass is 578 g/mol. The molecule has 0 unspecified atom stereocenters. The number of hydrogen-bond acceptors (Lipinski definition) is 9. The summed E-state index contributed by atoms with van der Waals surface area (Å²) in [5.74, 6) is -1.48. The summed E-state index contributed by atoms with van der Waals surface area (Å²) in [7, 11) is -3.78. The van der Waals surface area contributed by atoms with Gasteiger partial charge in [0.25, 0.3) is 11.1 Å².